The molecule has 0 aliphatic heterocycles. The molecule has 0 spiro atoms. The third-order valence-corrected chi connectivity index (χ3v) is 3.63. The molecule has 0 saturated heterocycles. The number of nitrogens with two attached hydrogens (primary N) is 1. The highest BCUT2D eigenvalue weighted by Gasteiger charge is 2.27. The second-order valence-corrected chi connectivity index (χ2v) is 5.37. The molecular formula is C13H22N4O. The monoisotopic (exact) mass is 250 g/mol. The summed E-state index contributed by atoms with van der Waals surface area (Å²) in [6.45, 7) is 4.84. The molecule has 0 radical (unpaired) electrons. The van der Waals surface area contributed by atoms with Crippen molar-refractivity contribution in [2.45, 2.75) is 51.0 Å². The van der Waals surface area contributed by atoms with E-state index in [1.807, 2.05) is 0 Å². The fraction of sp³-hybridized carbons (Fsp3) is 0.692. The Morgan fingerprint density at radius 2 is 2.33 bits per heavy atom. The van der Waals surface area contributed by atoms with Crippen LogP contribution in [0.25, 0.3) is 0 Å². The number of H-pyrrole nitrogens is 1. The van der Waals surface area contributed by atoms with Crippen molar-refractivity contribution in [1.29, 1.82) is 0 Å². The van der Waals surface area contributed by atoms with E-state index < -0.39 is 0 Å². The number of anilines is 1. The van der Waals surface area contributed by atoms with Crippen molar-refractivity contribution >= 4 is 5.82 Å². The number of hydrogen-bond donors (Lipinski definition) is 3. The van der Waals surface area contributed by atoms with Gasteiger partial charge in [-0.1, -0.05) is 6.92 Å². The van der Waals surface area contributed by atoms with Gasteiger partial charge in [-0.15, -0.1) is 0 Å². The molecule has 5 heteroatoms. The first-order valence-corrected chi connectivity index (χ1v) is 6.66. The van der Waals surface area contributed by atoms with Crippen LogP contribution < -0.4 is 16.6 Å². The Labute approximate surface area is 107 Å². The van der Waals surface area contributed by atoms with Crippen LogP contribution in [0.5, 0.6) is 0 Å². The van der Waals surface area contributed by atoms with Crippen LogP contribution in [0, 0.1) is 0 Å². The van der Waals surface area contributed by atoms with E-state index in [2.05, 4.69) is 29.1 Å². The van der Waals surface area contributed by atoms with Gasteiger partial charge in [-0.25, -0.2) is 4.98 Å². The number of rotatable bonds is 6. The fourth-order valence-corrected chi connectivity index (χ4v) is 2.05. The highest BCUT2D eigenvalue weighted by molar-refractivity contribution is 5.37. The quantitative estimate of drug-likeness (QED) is 0.715. The summed E-state index contributed by atoms with van der Waals surface area (Å²) >= 11 is 0. The van der Waals surface area contributed by atoms with Crippen molar-refractivity contribution in [1.82, 2.24) is 9.97 Å². The van der Waals surface area contributed by atoms with E-state index in [9.17, 15) is 4.79 Å². The van der Waals surface area contributed by atoms with Crippen LogP contribution in [0.2, 0.25) is 0 Å². The Kier molecular flexibility index (Phi) is 3.71. The zero-order chi connectivity index (χ0) is 13.2. The van der Waals surface area contributed by atoms with Gasteiger partial charge in [0.1, 0.15) is 11.6 Å². The van der Waals surface area contributed by atoms with Gasteiger partial charge < -0.3 is 16.0 Å². The highest BCUT2D eigenvalue weighted by Crippen LogP contribution is 2.37. The third kappa shape index (κ3) is 3.10. The number of nitrogens with one attached hydrogen (secondary N) is 2. The van der Waals surface area contributed by atoms with Gasteiger partial charge in [-0.2, -0.15) is 0 Å². The summed E-state index contributed by atoms with van der Waals surface area (Å²) in [4.78, 5) is 18.9. The summed E-state index contributed by atoms with van der Waals surface area (Å²) in [6, 6.07) is 1.52. The van der Waals surface area contributed by atoms with Crippen LogP contribution in [0.3, 0.4) is 0 Å². The maximum atomic E-state index is 11.6. The van der Waals surface area contributed by atoms with Crippen molar-refractivity contribution in [3.63, 3.8) is 0 Å². The van der Waals surface area contributed by atoms with E-state index in [1.54, 1.807) is 0 Å². The zero-order valence-electron chi connectivity index (χ0n) is 11.1. The molecule has 1 saturated carbocycles. The molecule has 1 atom stereocenters. The van der Waals surface area contributed by atoms with Gasteiger partial charge >= 0.3 is 0 Å². The molecule has 0 amide bonds. The molecule has 2 rings (SSSR count). The van der Waals surface area contributed by atoms with Gasteiger partial charge in [0.2, 0.25) is 0 Å². The fourth-order valence-electron chi connectivity index (χ4n) is 2.05. The molecule has 100 valence electrons. The zero-order valence-corrected chi connectivity index (χ0v) is 11.1. The lowest BCUT2D eigenvalue weighted by Crippen LogP contribution is -2.37. The summed E-state index contributed by atoms with van der Waals surface area (Å²) in [6.07, 6.45) is 4.05. The highest BCUT2D eigenvalue weighted by atomic mass is 16.1. The summed E-state index contributed by atoms with van der Waals surface area (Å²) in [5, 5.41) is 3.36. The Morgan fingerprint density at radius 3 is 2.89 bits per heavy atom. The predicted molar refractivity (Wildman–Crippen MR) is 72.8 cm³/mol. The molecule has 1 aliphatic carbocycles. The van der Waals surface area contributed by atoms with Gasteiger partial charge in [-0.05, 0) is 39.2 Å². The largest absolute Gasteiger partial charge is 0.365 e. The molecule has 1 unspecified atom stereocenters. The first-order chi connectivity index (χ1) is 8.56. The molecule has 0 bridgehead atoms. The topological polar surface area (TPSA) is 83.8 Å². The number of aromatic amines is 1. The smallest absolute Gasteiger partial charge is 0.252 e. The SMILES string of the molecule is CCC(C)(CCN)Nc1cc(=O)[nH]c(C2CC2)n1. The van der Waals surface area contributed by atoms with Crippen LogP contribution in [-0.2, 0) is 0 Å². The molecule has 1 fully saturated rings. The molecule has 1 aliphatic rings. The van der Waals surface area contributed by atoms with Crippen LogP contribution in [0.4, 0.5) is 5.82 Å². The Balaban J connectivity index is 2.19. The van der Waals surface area contributed by atoms with Crippen LogP contribution in [0.1, 0.15) is 51.3 Å². The predicted octanol–water partition coefficient (Wildman–Crippen LogP) is 1.58. The van der Waals surface area contributed by atoms with Gasteiger partial charge in [-0.3, -0.25) is 4.79 Å². The molecule has 18 heavy (non-hydrogen) atoms. The van der Waals surface area contributed by atoms with E-state index in [0.717, 1.165) is 31.5 Å². The molecule has 1 aromatic rings. The summed E-state index contributed by atoms with van der Waals surface area (Å²) in [5.41, 5.74) is 5.45. The van der Waals surface area contributed by atoms with E-state index in [-0.39, 0.29) is 11.1 Å². The Morgan fingerprint density at radius 1 is 1.61 bits per heavy atom. The summed E-state index contributed by atoms with van der Waals surface area (Å²) in [5.74, 6) is 1.93. The van der Waals surface area contributed by atoms with Crippen molar-refractivity contribution in [3.05, 3.63) is 22.2 Å². The minimum absolute atomic E-state index is 0.0828. The van der Waals surface area contributed by atoms with Crippen LogP contribution in [-0.4, -0.2) is 22.1 Å². The molecule has 5 nitrogen and oxygen atoms in total. The van der Waals surface area contributed by atoms with E-state index in [1.165, 1.54) is 6.07 Å². The van der Waals surface area contributed by atoms with Gasteiger partial charge in [0.25, 0.3) is 5.56 Å². The van der Waals surface area contributed by atoms with Crippen LogP contribution in [0.15, 0.2) is 10.9 Å². The second kappa shape index (κ2) is 5.10. The lowest BCUT2D eigenvalue weighted by molar-refractivity contribution is 0.461. The second-order valence-electron chi connectivity index (χ2n) is 5.37. The summed E-state index contributed by atoms with van der Waals surface area (Å²) in [7, 11) is 0. The lowest BCUT2D eigenvalue weighted by atomic mass is 9.94. The molecular weight excluding hydrogens is 228 g/mol. The normalized spacial score (nSPS) is 18.4. The first kappa shape index (κ1) is 13.1. The average molecular weight is 250 g/mol. The van der Waals surface area contributed by atoms with Gasteiger partial charge in [0.05, 0.1) is 0 Å². The molecule has 1 heterocycles. The maximum absolute atomic E-state index is 11.6. The molecule has 0 aromatic carbocycles. The van der Waals surface area contributed by atoms with E-state index >= 15 is 0 Å². The standard InChI is InChI=1S/C13H22N4O/c1-3-13(2,6-7-14)17-10-8-11(18)16-12(15-10)9-4-5-9/h8-9H,3-7,14H2,1-2H3,(H2,15,16,17,18). The van der Waals surface area contributed by atoms with Crippen molar-refractivity contribution in [3.8, 4) is 0 Å². The van der Waals surface area contributed by atoms with Gasteiger partial charge in [0, 0.05) is 17.5 Å². The Bertz CT molecular complexity index is 466. The van der Waals surface area contributed by atoms with Crippen molar-refractivity contribution in [2.75, 3.05) is 11.9 Å². The minimum atomic E-state index is -0.101. The number of hydrogen-bond acceptors (Lipinski definition) is 4. The lowest BCUT2D eigenvalue weighted by Gasteiger charge is -2.29. The van der Waals surface area contributed by atoms with Crippen LogP contribution >= 0.6 is 0 Å². The Hall–Kier alpha value is -1.36. The minimum Gasteiger partial charge on any atom is -0.365 e. The van der Waals surface area contributed by atoms with Gasteiger partial charge in [0.15, 0.2) is 0 Å². The number of aromatic nitrogens is 2. The maximum Gasteiger partial charge on any atom is 0.252 e. The molecule has 4 N–H and O–H groups in total. The van der Waals surface area contributed by atoms with E-state index in [0.29, 0.717) is 18.3 Å². The molecule has 1 aromatic heterocycles. The summed E-state index contributed by atoms with van der Waals surface area (Å²) < 4.78 is 0. The first-order valence-electron chi connectivity index (χ1n) is 6.66. The van der Waals surface area contributed by atoms with E-state index in [4.69, 9.17) is 5.73 Å². The van der Waals surface area contributed by atoms with Crippen molar-refractivity contribution < 1.29 is 0 Å². The average Bonchev–Trinajstić information content (AvgIpc) is 3.12. The van der Waals surface area contributed by atoms with Crippen molar-refractivity contribution in [2.24, 2.45) is 5.73 Å². The number of nitrogens with zero attached hydrogens (tertiary/aromatic N) is 1. The third-order valence-electron chi connectivity index (χ3n) is 3.63.